The fourth-order valence-corrected chi connectivity index (χ4v) is 1.71. The average molecular weight is 279 g/mol. The highest BCUT2D eigenvalue weighted by Crippen LogP contribution is 2.14. The van der Waals surface area contributed by atoms with E-state index in [1.165, 1.54) is 18.2 Å². The van der Waals surface area contributed by atoms with Crippen molar-refractivity contribution in [3.05, 3.63) is 65.5 Å². The second-order valence-corrected chi connectivity index (χ2v) is 4.30. The predicted molar refractivity (Wildman–Crippen MR) is 69.7 cm³/mol. The highest BCUT2D eigenvalue weighted by atomic mass is 19.2. The molecule has 0 bridgehead atoms. The van der Waals surface area contributed by atoms with Crippen LogP contribution in [0.1, 0.15) is 12.0 Å². The lowest BCUT2D eigenvalue weighted by Gasteiger charge is -2.06. The molecule has 0 heterocycles. The van der Waals surface area contributed by atoms with Crippen LogP contribution in [0.3, 0.4) is 0 Å². The van der Waals surface area contributed by atoms with Crippen LogP contribution in [0, 0.1) is 17.5 Å². The molecule has 0 saturated carbocycles. The molecule has 20 heavy (non-hydrogen) atoms. The maximum absolute atomic E-state index is 13.0. The monoisotopic (exact) mass is 279 g/mol. The van der Waals surface area contributed by atoms with Crippen LogP contribution >= 0.6 is 0 Å². The molecule has 0 radical (unpaired) electrons. The summed E-state index contributed by atoms with van der Waals surface area (Å²) >= 11 is 0. The normalized spacial score (nSPS) is 10.3. The van der Waals surface area contributed by atoms with E-state index < -0.39 is 11.6 Å². The van der Waals surface area contributed by atoms with Gasteiger partial charge in [0.15, 0.2) is 11.6 Å². The molecule has 2 aromatic rings. The molecule has 104 valence electrons. The molecule has 5 heteroatoms. The van der Waals surface area contributed by atoms with Crippen molar-refractivity contribution in [3.8, 4) is 0 Å². The third-order valence-corrected chi connectivity index (χ3v) is 2.76. The smallest absolute Gasteiger partial charge is 0.224 e. The first-order valence-corrected chi connectivity index (χ1v) is 6.04. The Balaban J connectivity index is 1.89. The first kappa shape index (κ1) is 14.1. The van der Waals surface area contributed by atoms with Gasteiger partial charge in [0.05, 0.1) is 0 Å². The number of halogens is 3. The average Bonchev–Trinajstić information content (AvgIpc) is 2.42. The molecule has 0 spiro atoms. The van der Waals surface area contributed by atoms with Crippen LogP contribution in [0.2, 0.25) is 0 Å². The molecule has 0 atom stereocenters. The van der Waals surface area contributed by atoms with Crippen molar-refractivity contribution in [2.45, 2.75) is 12.8 Å². The van der Waals surface area contributed by atoms with E-state index in [4.69, 9.17) is 0 Å². The molecule has 0 fully saturated rings. The van der Waals surface area contributed by atoms with E-state index in [2.05, 4.69) is 5.32 Å². The number of hydrogen-bond donors (Lipinski definition) is 1. The lowest BCUT2D eigenvalue weighted by atomic mass is 10.1. The second kappa shape index (κ2) is 6.23. The van der Waals surface area contributed by atoms with Crippen molar-refractivity contribution in [1.29, 1.82) is 0 Å². The number of aryl methyl sites for hydroxylation is 1. The maximum atomic E-state index is 13.0. The van der Waals surface area contributed by atoms with Gasteiger partial charge in [-0.15, -0.1) is 0 Å². The first-order chi connectivity index (χ1) is 9.54. The van der Waals surface area contributed by atoms with Gasteiger partial charge in [0.1, 0.15) is 5.82 Å². The summed E-state index contributed by atoms with van der Waals surface area (Å²) in [6, 6.07) is 9.00. The van der Waals surface area contributed by atoms with E-state index in [1.54, 1.807) is 12.1 Å². The molecule has 0 aliphatic heterocycles. The molecule has 1 N–H and O–H groups in total. The summed E-state index contributed by atoms with van der Waals surface area (Å²) in [5.74, 6) is -2.63. The number of carbonyl (C=O) groups excluding carboxylic acids is 1. The van der Waals surface area contributed by atoms with E-state index in [9.17, 15) is 18.0 Å². The topological polar surface area (TPSA) is 29.1 Å². The fraction of sp³-hybridized carbons (Fsp3) is 0.133. The summed E-state index contributed by atoms with van der Waals surface area (Å²) in [7, 11) is 0. The summed E-state index contributed by atoms with van der Waals surface area (Å²) in [6.45, 7) is 0. The Morgan fingerprint density at radius 2 is 1.65 bits per heavy atom. The highest BCUT2D eigenvalue weighted by Gasteiger charge is 2.06. The minimum atomic E-state index is -1.01. The molecule has 0 unspecified atom stereocenters. The number of anilines is 1. The zero-order chi connectivity index (χ0) is 14.5. The molecular weight excluding hydrogens is 267 g/mol. The molecular formula is C15H12F3NO. The van der Waals surface area contributed by atoms with Crippen LogP contribution in [0.15, 0.2) is 42.5 Å². The van der Waals surface area contributed by atoms with Crippen molar-refractivity contribution >= 4 is 11.6 Å². The van der Waals surface area contributed by atoms with Gasteiger partial charge in [-0.2, -0.15) is 0 Å². The Morgan fingerprint density at radius 3 is 2.30 bits per heavy atom. The molecule has 0 aliphatic rings. The van der Waals surface area contributed by atoms with E-state index in [-0.39, 0.29) is 23.8 Å². The minimum Gasteiger partial charge on any atom is -0.326 e. The van der Waals surface area contributed by atoms with Gasteiger partial charge in [-0.25, -0.2) is 13.2 Å². The van der Waals surface area contributed by atoms with Crippen LogP contribution < -0.4 is 5.32 Å². The van der Waals surface area contributed by atoms with E-state index in [0.29, 0.717) is 6.42 Å². The summed E-state index contributed by atoms with van der Waals surface area (Å²) in [5, 5.41) is 2.47. The zero-order valence-electron chi connectivity index (χ0n) is 10.5. The first-order valence-electron chi connectivity index (χ1n) is 6.04. The minimum absolute atomic E-state index is 0.171. The van der Waals surface area contributed by atoms with Crippen molar-refractivity contribution in [1.82, 2.24) is 0 Å². The van der Waals surface area contributed by atoms with Crippen LogP contribution in [0.25, 0.3) is 0 Å². The maximum Gasteiger partial charge on any atom is 0.224 e. The van der Waals surface area contributed by atoms with Crippen molar-refractivity contribution in [2.75, 3.05) is 5.32 Å². The van der Waals surface area contributed by atoms with Gasteiger partial charge in [-0.05, 0) is 36.2 Å². The largest absolute Gasteiger partial charge is 0.326 e. The van der Waals surface area contributed by atoms with Crippen molar-refractivity contribution < 1.29 is 18.0 Å². The van der Waals surface area contributed by atoms with E-state index in [1.807, 2.05) is 0 Å². The Kier molecular flexibility index (Phi) is 4.40. The molecule has 0 aliphatic carbocycles. The number of rotatable bonds is 4. The highest BCUT2D eigenvalue weighted by molar-refractivity contribution is 5.90. The van der Waals surface area contributed by atoms with Gasteiger partial charge in [0, 0.05) is 18.2 Å². The van der Waals surface area contributed by atoms with E-state index >= 15 is 0 Å². The van der Waals surface area contributed by atoms with Gasteiger partial charge in [0.2, 0.25) is 5.91 Å². The second-order valence-electron chi connectivity index (χ2n) is 4.30. The quantitative estimate of drug-likeness (QED) is 0.909. The van der Waals surface area contributed by atoms with Crippen LogP contribution in [0.4, 0.5) is 18.9 Å². The standard InChI is InChI=1S/C15H12F3NO/c16-11-4-1-10(2-5-11)3-8-15(20)19-12-6-7-13(17)14(18)9-12/h1-2,4-7,9H,3,8H2,(H,19,20). The SMILES string of the molecule is O=C(CCc1ccc(F)cc1)Nc1ccc(F)c(F)c1. The summed E-state index contributed by atoms with van der Waals surface area (Å²) < 4.78 is 38.4. The third kappa shape index (κ3) is 3.85. The molecule has 0 saturated heterocycles. The molecule has 0 aromatic heterocycles. The Labute approximate surface area is 114 Å². The summed E-state index contributed by atoms with van der Waals surface area (Å²) in [4.78, 5) is 11.6. The van der Waals surface area contributed by atoms with Gasteiger partial charge >= 0.3 is 0 Å². The van der Waals surface area contributed by atoms with E-state index in [0.717, 1.165) is 17.7 Å². The molecule has 1 amide bonds. The number of nitrogens with one attached hydrogen (secondary N) is 1. The van der Waals surface area contributed by atoms with Crippen molar-refractivity contribution in [3.63, 3.8) is 0 Å². The third-order valence-electron chi connectivity index (χ3n) is 2.76. The lowest BCUT2D eigenvalue weighted by molar-refractivity contribution is -0.116. The zero-order valence-corrected chi connectivity index (χ0v) is 10.5. The Hall–Kier alpha value is -2.30. The van der Waals surface area contributed by atoms with Gasteiger partial charge in [-0.3, -0.25) is 4.79 Å². The number of amides is 1. The number of hydrogen-bond acceptors (Lipinski definition) is 1. The van der Waals surface area contributed by atoms with Gasteiger partial charge < -0.3 is 5.32 Å². The molecule has 2 rings (SSSR count). The van der Waals surface area contributed by atoms with Crippen LogP contribution in [-0.2, 0) is 11.2 Å². The Bertz CT molecular complexity index is 611. The Morgan fingerprint density at radius 1 is 0.950 bits per heavy atom. The lowest BCUT2D eigenvalue weighted by Crippen LogP contribution is -2.12. The fourth-order valence-electron chi connectivity index (χ4n) is 1.71. The molecule has 2 nitrogen and oxygen atoms in total. The van der Waals surface area contributed by atoms with Crippen LogP contribution in [0.5, 0.6) is 0 Å². The molecule has 2 aromatic carbocycles. The van der Waals surface area contributed by atoms with Crippen molar-refractivity contribution in [2.24, 2.45) is 0 Å². The van der Waals surface area contributed by atoms with Gasteiger partial charge in [-0.1, -0.05) is 12.1 Å². The number of benzene rings is 2. The number of carbonyl (C=O) groups is 1. The van der Waals surface area contributed by atoms with Crippen LogP contribution in [-0.4, -0.2) is 5.91 Å². The summed E-state index contributed by atoms with van der Waals surface area (Å²) in [6.07, 6.45) is 0.612. The van der Waals surface area contributed by atoms with Gasteiger partial charge in [0.25, 0.3) is 0 Å². The summed E-state index contributed by atoms with van der Waals surface area (Å²) in [5.41, 5.74) is 1.03. The predicted octanol–water partition coefficient (Wildman–Crippen LogP) is 3.68.